The largest absolute Gasteiger partial charge is 0.394 e. The number of aliphatic hydroxyl groups is 1. The molecule has 1 aliphatic heterocycles. The minimum atomic E-state index is 0.0946. The number of nitrogens with zero attached hydrogens (tertiary/aromatic N) is 6. The van der Waals surface area contributed by atoms with Crippen molar-refractivity contribution >= 4 is 17.8 Å². The fraction of sp³-hybridized carbons (Fsp3) is 0.850. The summed E-state index contributed by atoms with van der Waals surface area (Å²) in [5, 5.41) is 13.1. The maximum absolute atomic E-state index is 9.70. The molecule has 0 bridgehead atoms. The molecule has 0 saturated carbocycles. The van der Waals surface area contributed by atoms with Gasteiger partial charge in [-0.1, -0.05) is 0 Å². The summed E-state index contributed by atoms with van der Waals surface area (Å²) in [7, 11) is 0. The predicted molar refractivity (Wildman–Crippen MR) is 116 cm³/mol. The van der Waals surface area contributed by atoms with E-state index in [2.05, 4.69) is 71.5 Å². The predicted octanol–water partition coefficient (Wildman–Crippen LogP) is 2.21. The molecule has 0 aromatic carbocycles. The van der Waals surface area contributed by atoms with E-state index < -0.39 is 0 Å². The summed E-state index contributed by atoms with van der Waals surface area (Å²) in [6.07, 6.45) is 2.03. The van der Waals surface area contributed by atoms with Crippen molar-refractivity contribution in [3.8, 4) is 0 Å². The van der Waals surface area contributed by atoms with Crippen molar-refractivity contribution in [2.75, 3.05) is 54.4 Å². The number of aromatic nitrogens is 3. The van der Waals surface area contributed by atoms with Crippen LogP contribution < -0.4 is 15.1 Å². The summed E-state index contributed by atoms with van der Waals surface area (Å²) >= 11 is 0. The van der Waals surface area contributed by atoms with E-state index in [1.807, 2.05) is 0 Å². The third kappa shape index (κ3) is 5.67. The molecule has 0 radical (unpaired) electrons. The van der Waals surface area contributed by atoms with E-state index in [1.54, 1.807) is 0 Å². The van der Waals surface area contributed by atoms with Gasteiger partial charge in [-0.15, -0.1) is 0 Å². The molecule has 28 heavy (non-hydrogen) atoms. The lowest BCUT2D eigenvalue weighted by atomic mass is 10.2. The zero-order valence-electron chi connectivity index (χ0n) is 18.5. The normalized spacial score (nSPS) is 17.2. The third-order valence-electron chi connectivity index (χ3n) is 5.48. The highest BCUT2D eigenvalue weighted by Gasteiger charge is 2.27. The number of nitrogens with one attached hydrogen (secondary N) is 1. The van der Waals surface area contributed by atoms with Crippen LogP contribution in [-0.2, 0) is 0 Å². The maximum Gasteiger partial charge on any atom is 0.232 e. The summed E-state index contributed by atoms with van der Waals surface area (Å²) in [5.41, 5.74) is 0. The summed E-state index contributed by atoms with van der Waals surface area (Å²) in [6.45, 7) is 17.5. The van der Waals surface area contributed by atoms with Crippen molar-refractivity contribution in [1.82, 2.24) is 19.9 Å². The molecular formula is C20H39N7O. The van der Waals surface area contributed by atoms with Gasteiger partial charge in [-0.3, -0.25) is 4.90 Å². The van der Waals surface area contributed by atoms with Gasteiger partial charge in [0, 0.05) is 44.8 Å². The highest BCUT2D eigenvalue weighted by atomic mass is 16.3. The first-order chi connectivity index (χ1) is 13.4. The quantitative estimate of drug-likeness (QED) is 0.592. The lowest BCUT2D eigenvalue weighted by Crippen LogP contribution is -2.40. The Kier molecular flexibility index (Phi) is 8.69. The molecule has 8 nitrogen and oxygen atoms in total. The number of anilines is 3. The molecule has 1 aromatic rings. The van der Waals surface area contributed by atoms with Gasteiger partial charge in [0.15, 0.2) is 0 Å². The van der Waals surface area contributed by atoms with Crippen molar-refractivity contribution in [3.05, 3.63) is 0 Å². The molecule has 1 saturated heterocycles. The average molecular weight is 394 g/mol. The van der Waals surface area contributed by atoms with Crippen LogP contribution in [0.3, 0.4) is 0 Å². The average Bonchev–Trinajstić information content (AvgIpc) is 3.14. The van der Waals surface area contributed by atoms with Crippen LogP contribution in [-0.4, -0.2) is 82.4 Å². The minimum Gasteiger partial charge on any atom is -0.394 e. The first-order valence-corrected chi connectivity index (χ1v) is 10.8. The molecule has 160 valence electrons. The van der Waals surface area contributed by atoms with Crippen molar-refractivity contribution in [2.45, 2.75) is 72.5 Å². The van der Waals surface area contributed by atoms with Crippen LogP contribution >= 0.6 is 0 Å². The summed E-state index contributed by atoms with van der Waals surface area (Å²) in [6, 6.07) is 1.09. The van der Waals surface area contributed by atoms with Gasteiger partial charge < -0.3 is 20.2 Å². The Balaban J connectivity index is 2.20. The van der Waals surface area contributed by atoms with Crippen molar-refractivity contribution in [1.29, 1.82) is 0 Å². The van der Waals surface area contributed by atoms with Crippen LogP contribution in [0.2, 0.25) is 0 Å². The molecule has 8 heteroatoms. The standard InChI is InChI=1S/C20H39N7O/c1-7-25(8-2)19-22-18(21-11-13-26(15(3)4)16(5)6)23-20(24-19)27-12-9-10-17(27)14-28/h15-17,28H,7-14H2,1-6H3,(H,21,22,23,24). The van der Waals surface area contributed by atoms with E-state index in [4.69, 9.17) is 4.98 Å². The van der Waals surface area contributed by atoms with Crippen LogP contribution in [0.1, 0.15) is 54.4 Å². The fourth-order valence-corrected chi connectivity index (χ4v) is 3.91. The Morgan fingerprint density at radius 1 is 1.11 bits per heavy atom. The highest BCUT2D eigenvalue weighted by Crippen LogP contribution is 2.24. The minimum absolute atomic E-state index is 0.0946. The second-order valence-electron chi connectivity index (χ2n) is 7.96. The van der Waals surface area contributed by atoms with E-state index in [9.17, 15) is 5.11 Å². The summed E-state index contributed by atoms with van der Waals surface area (Å²) in [4.78, 5) is 20.8. The lowest BCUT2D eigenvalue weighted by molar-refractivity contribution is 0.182. The topological polar surface area (TPSA) is 80.7 Å². The van der Waals surface area contributed by atoms with Gasteiger partial charge in [-0.2, -0.15) is 15.0 Å². The molecule has 0 amide bonds. The smallest absolute Gasteiger partial charge is 0.232 e. The van der Waals surface area contributed by atoms with Gasteiger partial charge in [0.25, 0.3) is 0 Å². The SMILES string of the molecule is CCN(CC)c1nc(NCCN(C(C)C)C(C)C)nc(N2CCCC2CO)n1. The maximum atomic E-state index is 9.70. The zero-order valence-corrected chi connectivity index (χ0v) is 18.5. The Morgan fingerprint density at radius 2 is 1.79 bits per heavy atom. The Labute approximate surface area is 170 Å². The Bertz CT molecular complexity index is 584. The molecule has 0 spiro atoms. The second kappa shape index (κ2) is 10.8. The van der Waals surface area contributed by atoms with Crippen molar-refractivity contribution < 1.29 is 5.11 Å². The molecule has 2 heterocycles. The Hall–Kier alpha value is -1.67. The molecule has 0 aliphatic carbocycles. The second-order valence-corrected chi connectivity index (χ2v) is 7.96. The first kappa shape index (κ1) is 22.6. The molecule has 1 aliphatic rings. The van der Waals surface area contributed by atoms with Gasteiger partial charge in [-0.25, -0.2) is 0 Å². The van der Waals surface area contributed by atoms with Crippen LogP contribution in [0.4, 0.5) is 17.8 Å². The van der Waals surface area contributed by atoms with Crippen LogP contribution in [0.15, 0.2) is 0 Å². The zero-order chi connectivity index (χ0) is 20.7. The van der Waals surface area contributed by atoms with Gasteiger partial charge >= 0.3 is 0 Å². The molecular weight excluding hydrogens is 354 g/mol. The van der Waals surface area contributed by atoms with E-state index in [0.717, 1.165) is 45.6 Å². The van der Waals surface area contributed by atoms with Crippen LogP contribution in [0, 0.1) is 0 Å². The molecule has 1 fully saturated rings. The summed E-state index contributed by atoms with van der Waals surface area (Å²) < 4.78 is 0. The first-order valence-electron chi connectivity index (χ1n) is 10.8. The molecule has 1 aromatic heterocycles. The van der Waals surface area contributed by atoms with E-state index in [-0.39, 0.29) is 12.6 Å². The molecule has 2 rings (SSSR count). The molecule has 1 unspecified atom stereocenters. The number of rotatable bonds is 11. The van der Waals surface area contributed by atoms with Crippen LogP contribution in [0.25, 0.3) is 0 Å². The van der Waals surface area contributed by atoms with Gasteiger partial charge in [0.05, 0.1) is 12.6 Å². The lowest BCUT2D eigenvalue weighted by Gasteiger charge is -2.30. The number of aliphatic hydroxyl groups excluding tert-OH is 1. The molecule has 2 N–H and O–H groups in total. The highest BCUT2D eigenvalue weighted by molar-refractivity contribution is 5.46. The fourth-order valence-electron chi connectivity index (χ4n) is 3.91. The van der Waals surface area contributed by atoms with Gasteiger partial charge in [0.1, 0.15) is 0 Å². The molecule has 1 atom stereocenters. The van der Waals surface area contributed by atoms with E-state index in [1.165, 1.54) is 0 Å². The van der Waals surface area contributed by atoms with Crippen molar-refractivity contribution in [3.63, 3.8) is 0 Å². The van der Waals surface area contributed by atoms with Gasteiger partial charge in [-0.05, 0) is 54.4 Å². The van der Waals surface area contributed by atoms with Crippen molar-refractivity contribution in [2.24, 2.45) is 0 Å². The van der Waals surface area contributed by atoms with E-state index >= 15 is 0 Å². The van der Waals surface area contributed by atoms with Crippen LogP contribution in [0.5, 0.6) is 0 Å². The number of hydrogen-bond acceptors (Lipinski definition) is 8. The summed E-state index contributed by atoms with van der Waals surface area (Å²) in [5.74, 6) is 1.98. The number of hydrogen-bond donors (Lipinski definition) is 2. The Morgan fingerprint density at radius 3 is 2.36 bits per heavy atom. The third-order valence-corrected chi connectivity index (χ3v) is 5.48. The van der Waals surface area contributed by atoms with E-state index in [0.29, 0.717) is 29.9 Å². The van der Waals surface area contributed by atoms with Gasteiger partial charge in [0.2, 0.25) is 17.8 Å². The monoisotopic (exact) mass is 393 g/mol.